The fourth-order valence-electron chi connectivity index (χ4n) is 0. The predicted molar refractivity (Wildman–Crippen MR) is 39.9 cm³/mol. The summed E-state index contributed by atoms with van der Waals surface area (Å²) in [5.41, 5.74) is 0. The zero-order valence-electron chi connectivity index (χ0n) is 6.16. The van der Waals surface area contributed by atoms with Gasteiger partial charge in [0.1, 0.15) is 0 Å². The molecule has 0 aromatic rings. The standard InChI is InChI=1S/2C4H8.U/c2*1-3-4-2;/h2*1-4H2;/q2*-2;+4. The van der Waals surface area contributed by atoms with Gasteiger partial charge in [0.05, 0.1) is 0 Å². The summed E-state index contributed by atoms with van der Waals surface area (Å²) in [4.78, 5) is 0. The van der Waals surface area contributed by atoms with Gasteiger partial charge in [-0.2, -0.15) is 0 Å². The molecule has 0 aromatic heterocycles. The summed E-state index contributed by atoms with van der Waals surface area (Å²) in [5, 5.41) is 0. The molecule has 0 heterocycles. The Kier molecular flexibility index (Phi) is 42.3. The molecule has 0 aliphatic heterocycles. The van der Waals surface area contributed by atoms with Gasteiger partial charge in [0, 0.05) is 0 Å². The van der Waals surface area contributed by atoms with Crippen molar-refractivity contribution in [2.75, 3.05) is 0 Å². The third kappa shape index (κ3) is 48.3. The summed E-state index contributed by atoms with van der Waals surface area (Å²) in [6.45, 7) is 14.2. The SMILES string of the molecule is [CH2-]CC[CH2-].[CH2-]CC[CH2-].[U+4]. The summed E-state index contributed by atoms with van der Waals surface area (Å²) in [6, 6.07) is 0. The Labute approximate surface area is 84.2 Å². The van der Waals surface area contributed by atoms with E-state index in [0.29, 0.717) is 0 Å². The predicted octanol–water partition coefficient (Wildman–Crippen LogP) is 2.87. The fraction of sp³-hybridized carbons (Fsp3) is 0.500. The molecule has 0 atom stereocenters. The largest absolute Gasteiger partial charge is 4.00 e. The van der Waals surface area contributed by atoms with E-state index >= 15 is 0 Å². The second-order valence-corrected chi connectivity index (χ2v) is 1.41. The van der Waals surface area contributed by atoms with Crippen molar-refractivity contribution in [3.63, 3.8) is 0 Å². The molecule has 0 aromatic carbocycles. The number of unbranched alkanes of at least 4 members (excludes halogenated alkanes) is 2. The Hall–Kier alpha value is 1.05. The Morgan fingerprint density at radius 3 is 0.667 bits per heavy atom. The molecule has 0 N–H and O–H groups in total. The van der Waals surface area contributed by atoms with E-state index in [2.05, 4.69) is 27.7 Å². The molecule has 0 radical (unpaired) electrons. The van der Waals surface area contributed by atoms with Gasteiger partial charge >= 0.3 is 31.1 Å². The van der Waals surface area contributed by atoms with Gasteiger partial charge < -0.3 is 27.7 Å². The average Bonchev–Trinajstić information content (AvgIpc) is 1.88. The van der Waals surface area contributed by atoms with Gasteiger partial charge in [0.25, 0.3) is 0 Å². The van der Waals surface area contributed by atoms with Gasteiger partial charge in [-0.15, -0.1) is 0 Å². The first-order valence-corrected chi connectivity index (χ1v) is 3.00. The van der Waals surface area contributed by atoms with E-state index in [9.17, 15) is 0 Å². The molecule has 9 heavy (non-hydrogen) atoms. The first-order chi connectivity index (χ1) is 3.83. The van der Waals surface area contributed by atoms with Crippen LogP contribution in [-0.4, -0.2) is 0 Å². The van der Waals surface area contributed by atoms with E-state index < -0.39 is 0 Å². The quantitative estimate of drug-likeness (QED) is 0.672. The molecule has 0 spiro atoms. The van der Waals surface area contributed by atoms with Crippen LogP contribution in [0.15, 0.2) is 0 Å². The van der Waals surface area contributed by atoms with Crippen molar-refractivity contribution in [2.24, 2.45) is 0 Å². The molecule has 1 heteroatoms. The maximum Gasteiger partial charge on any atom is 4.00 e. The van der Waals surface area contributed by atoms with Crippen LogP contribution >= 0.6 is 0 Å². The summed E-state index contributed by atoms with van der Waals surface area (Å²) in [6.07, 6.45) is 3.83. The summed E-state index contributed by atoms with van der Waals surface area (Å²) < 4.78 is 0. The molecule has 0 fully saturated rings. The van der Waals surface area contributed by atoms with Crippen molar-refractivity contribution in [3.8, 4) is 0 Å². The molecule has 0 aliphatic carbocycles. The Morgan fingerprint density at radius 1 is 0.556 bits per heavy atom. The molecular formula is C8H16U. The number of hydrogen-bond acceptors (Lipinski definition) is 0. The van der Waals surface area contributed by atoms with Crippen LogP contribution in [0.2, 0.25) is 0 Å². The van der Waals surface area contributed by atoms with Crippen molar-refractivity contribution >= 4 is 0 Å². The third-order valence-electron chi connectivity index (χ3n) is 0.500. The average molecular weight is 350 g/mol. The number of hydrogen-bond donors (Lipinski definition) is 0. The Bertz CT molecular complexity index is 12.5. The molecule has 0 bridgehead atoms. The van der Waals surface area contributed by atoms with Crippen molar-refractivity contribution in [2.45, 2.75) is 25.7 Å². The smallest absolute Gasteiger partial charge is 0.346 e. The molecule has 0 rings (SSSR count). The molecule has 0 nitrogen and oxygen atoms in total. The zero-order valence-corrected chi connectivity index (χ0v) is 10.3. The van der Waals surface area contributed by atoms with Crippen LogP contribution in [0, 0.1) is 58.8 Å². The molecule has 52 valence electrons. The Balaban J connectivity index is -0.0000000720. The van der Waals surface area contributed by atoms with E-state index in [0.717, 1.165) is 25.7 Å². The first kappa shape index (κ1) is 16.6. The van der Waals surface area contributed by atoms with Gasteiger partial charge in [-0.25, -0.2) is 25.7 Å². The summed E-state index contributed by atoms with van der Waals surface area (Å²) in [5.74, 6) is 0. The maximum absolute atomic E-state index is 3.54. The van der Waals surface area contributed by atoms with Crippen LogP contribution in [-0.2, 0) is 0 Å². The van der Waals surface area contributed by atoms with Gasteiger partial charge in [0.15, 0.2) is 0 Å². The second kappa shape index (κ2) is 23.0. The molecule has 0 saturated carbocycles. The zero-order chi connectivity index (χ0) is 6.83. The van der Waals surface area contributed by atoms with E-state index in [-0.39, 0.29) is 31.1 Å². The minimum absolute atomic E-state index is 0. The third-order valence-corrected chi connectivity index (χ3v) is 0.500. The summed E-state index contributed by atoms with van der Waals surface area (Å²) in [7, 11) is 0. The van der Waals surface area contributed by atoms with E-state index in [4.69, 9.17) is 0 Å². The van der Waals surface area contributed by atoms with Crippen molar-refractivity contribution in [1.29, 1.82) is 0 Å². The summed E-state index contributed by atoms with van der Waals surface area (Å²) >= 11 is 0. The van der Waals surface area contributed by atoms with E-state index in [1.165, 1.54) is 0 Å². The van der Waals surface area contributed by atoms with Crippen molar-refractivity contribution in [1.82, 2.24) is 0 Å². The van der Waals surface area contributed by atoms with E-state index in [1.807, 2.05) is 0 Å². The van der Waals surface area contributed by atoms with Crippen molar-refractivity contribution < 1.29 is 31.1 Å². The van der Waals surface area contributed by atoms with Crippen LogP contribution in [0.4, 0.5) is 0 Å². The molecule has 0 aliphatic rings. The van der Waals surface area contributed by atoms with Gasteiger partial charge in [-0.3, -0.25) is 0 Å². The molecular weight excluding hydrogens is 334 g/mol. The van der Waals surface area contributed by atoms with Crippen molar-refractivity contribution in [3.05, 3.63) is 27.7 Å². The van der Waals surface area contributed by atoms with Gasteiger partial charge in [-0.1, -0.05) is 0 Å². The van der Waals surface area contributed by atoms with Gasteiger partial charge in [0.2, 0.25) is 0 Å². The van der Waals surface area contributed by atoms with Crippen LogP contribution in [0.5, 0.6) is 0 Å². The normalized spacial score (nSPS) is 6.67. The molecule has 0 saturated heterocycles. The molecule has 0 amide bonds. The van der Waals surface area contributed by atoms with Crippen LogP contribution in [0.3, 0.4) is 0 Å². The number of rotatable bonds is 2. The second-order valence-electron chi connectivity index (χ2n) is 1.41. The minimum Gasteiger partial charge on any atom is -0.346 e. The monoisotopic (exact) mass is 350 g/mol. The van der Waals surface area contributed by atoms with Gasteiger partial charge in [-0.05, 0) is 0 Å². The van der Waals surface area contributed by atoms with E-state index in [1.54, 1.807) is 0 Å². The van der Waals surface area contributed by atoms with Crippen LogP contribution < -0.4 is 0 Å². The fourth-order valence-corrected chi connectivity index (χ4v) is 0. The Morgan fingerprint density at radius 2 is 0.667 bits per heavy atom. The topological polar surface area (TPSA) is 0 Å². The maximum atomic E-state index is 3.54. The first-order valence-electron chi connectivity index (χ1n) is 3.00. The minimum atomic E-state index is 0. The molecule has 0 unspecified atom stereocenters. The van der Waals surface area contributed by atoms with Crippen LogP contribution in [0.25, 0.3) is 0 Å². The van der Waals surface area contributed by atoms with Crippen LogP contribution in [0.1, 0.15) is 25.7 Å².